The summed E-state index contributed by atoms with van der Waals surface area (Å²) in [6, 6.07) is 5.72. The molecule has 0 spiro atoms. The Hall–Kier alpha value is -0.920. The highest BCUT2D eigenvalue weighted by molar-refractivity contribution is 5.30. The Morgan fingerprint density at radius 1 is 1.14 bits per heavy atom. The molecule has 0 aliphatic heterocycles. The molecule has 0 saturated heterocycles. The molecule has 0 N–H and O–H groups in total. The summed E-state index contributed by atoms with van der Waals surface area (Å²) in [5, 5.41) is 0. The first kappa shape index (κ1) is 11.2. The monoisotopic (exact) mass is 198 g/mol. The third-order valence-corrected chi connectivity index (χ3v) is 2.50. The molecule has 2 unspecified atom stereocenters. The first-order valence-electron chi connectivity index (χ1n) is 4.85. The minimum absolute atomic E-state index is 0.165. The van der Waals surface area contributed by atoms with E-state index in [1.807, 2.05) is 32.0 Å². The summed E-state index contributed by atoms with van der Waals surface area (Å²) in [5.74, 6) is 0. The second-order valence-electron chi connectivity index (χ2n) is 3.82. The average Bonchev–Trinajstić information content (AvgIpc) is 2.11. The van der Waals surface area contributed by atoms with Crippen LogP contribution in [0.1, 0.15) is 23.6 Å². The molecule has 0 saturated carbocycles. The number of hydrogen-bond acceptors (Lipinski definition) is 0. The van der Waals surface area contributed by atoms with E-state index >= 15 is 0 Å². The van der Waals surface area contributed by atoms with Gasteiger partial charge in [-0.15, -0.1) is 0 Å². The molecule has 1 rings (SSSR count). The normalized spacial score (nSPS) is 15.2. The molecule has 78 valence electrons. The largest absolute Gasteiger partial charge is 0.245 e. The first-order valence-corrected chi connectivity index (χ1v) is 4.85. The Morgan fingerprint density at radius 2 is 1.79 bits per heavy atom. The minimum Gasteiger partial charge on any atom is -0.245 e. The molecule has 0 bridgehead atoms. The van der Waals surface area contributed by atoms with Gasteiger partial charge in [0.25, 0.3) is 0 Å². The van der Waals surface area contributed by atoms with E-state index in [2.05, 4.69) is 0 Å². The molecule has 0 radical (unpaired) electrons. The van der Waals surface area contributed by atoms with Crippen molar-refractivity contribution in [1.82, 2.24) is 0 Å². The van der Waals surface area contributed by atoms with Gasteiger partial charge in [0.15, 0.2) is 0 Å². The standard InChI is InChI=1S/C12H16F2/c1-8-4-5-11(6-9(8)2)7-12(14)10(3)13/h4-6,10,12H,7H2,1-3H3. The van der Waals surface area contributed by atoms with Gasteiger partial charge in [-0.25, -0.2) is 8.78 Å². The highest BCUT2D eigenvalue weighted by Gasteiger charge is 2.15. The summed E-state index contributed by atoms with van der Waals surface area (Å²) < 4.78 is 25.7. The molecule has 0 heterocycles. The molecule has 0 aliphatic carbocycles. The number of alkyl halides is 2. The van der Waals surface area contributed by atoms with Gasteiger partial charge in [0.05, 0.1) is 0 Å². The number of hydrogen-bond donors (Lipinski definition) is 0. The predicted molar refractivity (Wildman–Crippen MR) is 55.1 cm³/mol. The molecule has 0 fully saturated rings. The van der Waals surface area contributed by atoms with Crippen LogP contribution in [0.3, 0.4) is 0 Å². The highest BCUT2D eigenvalue weighted by Crippen LogP contribution is 2.15. The van der Waals surface area contributed by atoms with E-state index in [-0.39, 0.29) is 6.42 Å². The molecule has 14 heavy (non-hydrogen) atoms. The zero-order valence-electron chi connectivity index (χ0n) is 8.85. The minimum atomic E-state index is -1.39. The van der Waals surface area contributed by atoms with Crippen LogP contribution in [0.5, 0.6) is 0 Å². The number of halogens is 2. The van der Waals surface area contributed by atoms with Gasteiger partial charge in [-0.3, -0.25) is 0 Å². The molecule has 0 amide bonds. The van der Waals surface area contributed by atoms with Gasteiger partial charge in [0.2, 0.25) is 0 Å². The number of rotatable bonds is 3. The van der Waals surface area contributed by atoms with E-state index in [0.29, 0.717) is 0 Å². The van der Waals surface area contributed by atoms with Gasteiger partial charge in [0.1, 0.15) is 12.3 Å². The van der Waals surface area contributed by atoms with Crippen molar-refractivity contribution in [3.8, 4) is 0 Å². The predicted octanol–water partition coefficient (Wildman–Crippen LogP) is 3.54. The van der Waals surface area contributed by atoms with Gasteiger partial charge in [-0.2, -0.15) is 0 Å². The first-order chi connectivity index (χ1) is 6.50. The fourth-order valence-corrected chi connectivity index (χ4v) is 1.32. The second kappa shape index (κ2) is 4.54. The van der Waals surface area contributed by atoms with Crippen LogP contribution in [0.4, 0.5) is 8.78 Å². The van der Waals surface area contributed by atoms with E-state index < -0.39 is 12.3 Å². The van der Waals surface area contributed by atoms with Gasteiger partial charge >= 0.3 is 0 Å². The van der Waals surface area contributed by atoms with Crippen molar-refractivity contribution in [3.05, 3.63) is 34.9 Å². The smallest absolute Gasteiger partial charge is 0.135 e. The third-order valence-electron chi connectivity index (χ3n) is 2.50. The SMILES string of the molecule is Cc1ccc(CC(F)C(C)F)cc1C. The maximum absolute atomic E-state index is 13.1. The topological polar surface area (TPSA) is 0 Å². The Labute approximate surface area is 84.0 Å². The van der Waals surface area contributed by atoms with E-state index in [1.165, 1.54) is 12.5 Å². The molecule has 0 aliphatic rings. The van der Waals surface area contributed by atoms with Crippen molar-refractivity contribution in [2.75, 3.05) is 0 Å². The maximum Gasteiger partial charge on any atom is 0.135 e. The van der Waals surface area contributed by atoms with Gasteiger partial charge in [0, 0.05) is 6.42 Å². The zero-order valence-corrected chi connectivity index (χ0v) is 8.85. The van der Waals surface area contributed by atoms with Crippen LogP contribution >= 0.6 is 0 Å². The number of benzene rings is 1. The van der Waals surface area contributed by atoms with Crippen molar-refractivity contribution in [2.24, 2.45) is 0 Å². The second-order valence-corrected chi connectivity index (χ2v) is 3.82. The van der Waals surface area contributed by atoms with Crippen LogP contribution in [-0.2, 0) is 6.42 Å². The Balaban J connectivity index is 2.73. The van der Waals surface area contributed by atoms with Crippen LogP contribution in [-0.4, -0.2) is 12.3 Å². The van der Waals surface area contributed by atoms with Crippen LogP contribution in [0, 0.1) is 13.8 Å². The summed E-state index contributed by atoms with van der Waals surface area (Å²) in [4.78, 5) is 0. The molecule has 2 heteroatoms. The molecule has 0 aromatic heterocycles. The molecule has 0 nitrogen and oxygen atoms in total. The highest BCUT2D eigenvalue weighted by atomic mass is 19.2. The lowest BCUT2D eigenvalue weighted by atomic mass is 10.0. The van der Waals surface area contributed by atoms with Crippen LogP contribution < -0.4 is 0 Å². The molecular weight excluding hydrogens is 182 g/mol. The molecular formula is C12H16F2. The summed E-state index contributed by atoms with van der Waals surface area (Å²) in [7, 11) is 0. The fraction of sp³-hybridized carbons (Fsp3) is 0.500. The maximum atomic E-state index is 13.1. The lowest BCUT2D eigenvalue weighted by Crippen LogP contribution is -2.16. The summed E-state index contributed by atoms with van der Waals surface area (Å²) in [6.07, 6.45) is -2.62. The lowest BCUT2D eigenvalue weighted by molar-refractivity contribution is 0.182. The lowest BCUT2D eigenvalue weighted by Gasteiger charge is -2.10. The summed E-state index contributed by atoms with van der Waals surface area (Å²) in [6.45, 7) is 5.24. The van der Waals surface area contributed by atoms with Crippen molar-refractivity contribution >= 4 is 0 Å². The van der Waals surface area contributed by atoms with Gasteiger partial charge in [-0.1, -0.05) is 18.2 Å². The Morgan fingerprint density at radius 3 is 2.29 bits per heavy atom. The van der Waals surface area contributed by atoms with Gasteiger partial charge in [-0.05, 0) is 37.5 Å². The van der Waals surface area contributed by atoms with Crippen LogP contribution in [0.2, 0.25) is 0 Å². The Kier molecular flexibility index (Phi) is 3.62. The quantitative estimate of drug-likeness (QED) is 0.696. The van der Waals surface area contributed by atoms with Crippen LogP contribution in [0.25, 0.3) is 0 Å². The molecule has 1 aromatic carbocycles. The van der Waals surface area contributed by atoms with E-state index in [1.54, 1.807) is 0 Å². The van der Waals surface area contributed by atoms with E-state index in [0.717, 1.165) is 11.1 Å². The molecule has 1 aromatic rings. The van der Waals surface area contributed by atoms with Crippen LogP contribution in [0.15, 0.2) is 18.2 Å². The summed E-state index contributed by atoms with van der Waals surface area (Å²) >= 11 is 0. The van der Waals surface area contributed by atoms with E-state index in [9.17, 15) is 8.78 Å². The fourth-order valence-electron chi connectivity index (χ4n) is 1.32. The third kappa shape index (κ3) is 2.79. The average molecular weight is 198 g/mol. The zero-order chi connectivity index (χ0) is 10.7. The molecule has 2 atom stereocenters. The van der Waals surface area contributed by atoms with Crippen molar-refractivity contribution < 1.29 is 8.78 Å². The van der Waals surface area contributed by atoms with Crippen molar-refractivity contribution in [1.29, 1.82) is 0 Å². The van der Waals surface area contributed by atoms with Crippen molar-refractivity contribution in [2.45, 2.75) is 39.5 Å². The van der Waals surface area contributed by atoms with Gasteiger partial charge < -0.3 is 0 Å². The Bertz CT molecular complexity index is 305. The van der Waals surface area contributed by atoms with E-state index in [4.69, 9.17) is 0 Å². The van der Waals surface area contributed by atoms with Crippen molar-refractivity contribution in [3.63, 3.8) is 0 Å². The summed E-state index contributed by atoms with van der Waals surface area (Å²) in [5.41, 5.74) is 3.17. The number of aryl methyl sites for hydroxylation is 2.